The molecule has 0 saturated carbocycles. The Bertz CT molecular complexity index is 450. The van der Waals surface area contributed by atoms with Gasteiger partial charge in [-0.25, -0.2) is 9.97 Å². The molecule has 0 radical (unpaired) electrons. The number of aryl methyl sites for hydroxylation is 1. The van der Waals surface area contributed by atoms with E-state index >= 15 is 0 Å². The van der Waals surface area contributed by atoms with Crippen LogP contribution in [0.5, 0.6) is 0 Å². The predicted molar refractivity (Wildman–Crippen MR) is 58.8 cm³/mol. The van der Waals surface area contributed by atoms with E-state index in [2.05, 4.69) is 21.0 Å². The zero-order valence-electron chi connectivity index (χ0n) is 9.08. The van der Waals surface area contributed by atoms with Crippen molar-refractivity contribution in [3.63, 3.8) is 0 Å². The maximum Gasteiger partial charge on any atom is 0.177 e. The number of H-pyrrole nitrogens is 1. The van der Waals surface area contributed by atoms with E-state index in [0.29, 0.717) is 6.61 Å². The molecule has 2 heterocycles. The van der Waals surface area contributed by atoms with Crippen LogP contribution < -0.4 is 0 Å². The molecule has 80 valence electrons. The number of ether oxygens (including phenoxy) is 1. The van der Waals surface area contributed by atoms with Crippen LogP contribution >= 0.6 is 0 Å². The van der Waals surface area contributed by atoms with Gasteiger partial charge < -0.3 is 9.72 Å². The molecule has 0 atom stereocenters. The topological polar surface area (TPSA) is 50.8 Å². The molecule has 2 rings (SSSR count). The third-order valence-electron chi connectivity index (χ3n) is 2.21. The first-order chi connectivity index (χ1) is 7.29. The highest BCUT2D eigenvalue weighted by Gasteiger charge is 2.03. The average molecular weight is 205 g/mol. The number of rotatable bonds is 4. The Kier molecular flexibility index (Phi) is 2.97. The highest BCUT2D eigenvalue weighted by atomic mass is 16.5. The largest absolute Gasteiger partial charge is 0.381 e. The summed E-state index contributed by atoms with van der Waals surface area (Å²) >= 11 is 0. The number of nitrogens with zero attached hydrogens (tertiary/aromatic N) is 2. The summed E-state index contributed by atoms with van der Waals surface area (Å²) in [6.45, 7) is 5.46. The number of pyridine rings is 1. The Hall–Kier alpha value is -1.42. The maximum absolute atomic E-state index is 5.28. The summed E-state index contributed by atoms with van der Waals surface area (Å²) in [7, 11) is 0. The molecule has 2 aromatic heterocycles. The molecule has 0 spiro atoms. The van der Waals surface area contributed by atoms with Crippen molar-refractivity contribution in [2.45, 2.75) is 20.3 Å². The Morgan fingerprint density at radius 1 is 1.47 bits per heavy atom. The van der Waals surface area contributed by atoms with Crippen molar-refractivity contribution in [1.29, 1.82) is 0 Å². The van der Waals surface area contributed by atoms with E-state index in [1.807, 2.05) is 20.0 Å². The molecule has 0 aliphatic heterocycles. The second-order valence-corrected chi connectivity index (χ2v) is 3.51. The molecule has 0 aromatic carbocycles. The summed E-state index contributed by atoms with van der Waals surface area (Å²) in [5, 5.41) is 0. The van der Waals surface area contributed by atoms with Crippen molar-refractivity contribution in [2.24, 2.45) is 0 Å². The Labute approximate surface area is 88.7 Å². The van der Waals surface area contributed by atoms with Gasteiger partial charge in [-0.2, -0.15) is 0 Å². The lowest BCUT2D eigenvalue weighted by Crippen LogP contribution is -1.99. The first-order valence-corrected chi connectivity index (χ1v) is 5.18. The average Bonchev–Trinajstić information content (AvgIpc) is 2.60. The standard InChI is InChI=1S/C11H15N3O/c1-3-15-5-4-10-13-9-6-8(2)7-12-11(9)14-10/h6-7H,3-5H2,1-2H3,(H,12,13,14). The van der Waals surface area contributed by atoms with Crippen molar-refractivity contribution < 1.29 is 4.74 Å². The van der Waals surface area contributed by atoms with E-state index in [-0.39, 0.29) is 0 Å². The Morgan fingerprint density at radius 2 is 2.33 bits per heavy atom. The van der Waals surface area contributed by atoms with Crippen molar-refractivity contribution >= 4 is 11.2 Å². The van der Waals surface area contributed by atoms with Crippen LogP contribution in [0.3, 0.4) is 0 Å². The molecule has 0 saturated heterocycles. The zero-order chi connectivity index (χ0) is 10.7. The highest BCUT2D eigenvalue weighted by molar-refractivity contribution is 5.70. The monoisotopic (exact) mass is 205 g/mol. The molecular formula is C11H15N3O. The fraction of sp³-hybridized carbons (Fsp3) is 0.455. The Balaban J connectivity index is 2.16. The molecule has 0 amide bonds. The quantitative estimate of drug-likeness (QED) is 0.775. The zero-order valence-corrected chi connectivity index (χ0v) is 9.08. The first kappa shape index (κ1) is 10.1. The lowest BCUT2D eigenvalue weighted by molar-refractivity contribution is 0.149. The van der Waals surface area contributed by atoms with Crippen LogP contribution in [0.25, 0.3) is 11.2 Å². The molecular weight excluding hydrogens is 190 g/mol. The van der Waals surface area contributed by atoms with E-state index in [0.717, 1.165) is 35.6 Å². The summed E-state index contributed by atoms with van der Waals surface area (Å²) in [6.07, 6.45) is 2.64. The van der Waals surface area contributed by atoms with Gasteiger partial charge >= 0.3 is 0 Å². The normalized spacial score (nSPS) is 11.1. The van der Waals surface area contributed by atoms with E-state index < -0.39 is 0 Å². The van der Waals surface area contributed by atoms with Crippen LogP contribution in [0.2, 0.25) is 0 Å². The fourth-order valence-corrected chi connectivity index (χ4v) is 1.49. The van der Waals surface area contributed by atoms with Crippen LogP contribution in [0.15, 0.2) is 12.3 Å². The molecule has 4 nitrogen and oxygen atoms in total. The number of fused-ring (bicyclic) bond motifs is 1. The molecule has 0 aliphatic carbocycles. The van der Waals surface area contributed by atoms with Crippen molar-refractivity contribution in [2.75, 3.05) is 13.2 Å². The Morgan fingerprint density at radius 3 is 3.13 bits per heavy atom. The van der Waals surface area contributed by atoms with Gasteiger partial charge in [0, 0.05) is 19.2 Å². The number of aromatic amines is 1. The van der Waals surface area contributed by atoms with E-state index in [1.165, 1.54) is 0 Å². The summed E-state index contributed by atoms with van der Waals surface area (Å²) in [6, 6.07) is 2.06. The lowest BCUT2D eigenvalue weighted by atomic mass is 10.3. The molecule has 0 fully saturated rings. The van der Waals surface area contributed by atoms with Gasteiger partial charge in [0.15, 0.2) is 5.65 Å². The van der Waals surface area contributed by atoms with Crippen LogP contribution in [0, 0.1) is 6.92 Å². The van der Waals surface area contributed by atoms with E-state index in [9.17, 15) is 0 Å². The van der Waals surface area contributed by atoms with Gasteiger partial charge in [0.2, 0.25) is 0 Å². The van der Waals surface area contributed by atoms with Crippen molar-refractivity contribution in [1.82, 2.24) is 15.0 Å². The van der Waals surface area contributed by atoms with Crippen molar-refractivity contribution in [3.8, 4) is 0 Å². The van der Waals surface area contributed by atoms with E-state index in [4.69, 9.17) is 4.74 Å². The summed E-state index contributed by atoms with van der Waals surface area (Å²) < 4.78 is 5.28. The molecule has 4 heteroatoms. The van der Waals surface area contributed by atoms with Crippen LogP contribution in [-0.2, 0) is 11.2 Å². The van der Waals surface area contributed by atoms with Gasteiger partial charge in [-0.05, 0) is 25.5 Å². The minimum atomic E-state index is 0.704. The lowest BCUT2D eigenvalue weighted by Gasteiger charge is -1.96. The third-order valence-corrected chi connectivity index (χ3v) is 2.21. The number of imidazole rings is 1. The van der Waals surface area contributed by atoms with Gasteiger partial charge in [0.1, 0.15) is 5.82 Å². The number of aromatic nitrogens is 3. The molecule has 0 unspecified atom stereocenters. The summed E-state index contributed by atoms with van der Waals surface area (Å²) in [5.41, 5.74) is 2.93. The van der Waals surface area contributed by atoms with Gasteiger partial charge in [-0.1, -0.05) is 0 Å². The van der Waals surface area contributed by atoms with Crippen LogP contribution in [-0.4, -0.2) is 28.2 Å². The molecule has 1 N–H and O–H groups in total. The number of nitrogens with one attached hydrogen (secondary N) is 1. The van der Waals surface area contributed by atoms with Gasteiger partial charge in [0.25, 0.3) is 0 Å². The van der Waals surface area contributed by atoms with Gasteiger partial charge in [-0.15, -0.1) is 0 Å². The van der Waals surface area contributed by atoms with Crippen LogP contribution in [0.1, 0.15) is 18.3 Å². The SMILES string of the molecule is CCOCCc1nc2ncc(C)cc2[nH]1. The maximum atomic E-state index is 5.28. The summed E-state index contributed by atoms with van der Waals surface area (Å²) in [5.74, 6) is 0.941. The second kappa shape index (κ2) is 4.40. The van der Waals surface area contributed by atoms with Crippen molar-refractivity contribution in [3.05, 3.63) is 23.7 Å². The predicted octanol–water partition coefficient (Wildman–Crippen LogP) is 1.85. The first-order valence-electron chi connectivity index (χ1n) is 5.18. The highest BCUT2D eigenvalue weighted by Crippen LogP contribution is 2.10. The second-order valence-electron chi connectivity index (χ2n) is 3.51. The van der Waals surface area contributed by atoms with Gasteiger partial charge in [-0.3, -0.25) is 0 Å². The third kappa shape index (κ3) is 2.33. The molecule has 15 heavy (non-hydrogen) atoms. The van der Waals surface area contributed by atoms with E-state index in [1.54, 1.807) is 0 Å². The minimum Gasteiger partial charge on any atom is -0.381 e. The molecule has 0 bridgehead atoms. The fourth-order valence-electron chi connectivity index (χ4n) is 1.49. The molecule has 0 aliphatic rings. The molecule has 2 aromatic rings. The number of hydrogen-bond acceptors (Lipinski definition) is 3. The summed E-state index contributed by atoms with van der Waals surface area (Å²) in [4.78, 5) is 11.9. The smallest absolute Gasteiger partial charge is 0.177 e. The number of hydrogen-bond donors (Lipinski definition) is 1. The minimum absolute atomic E-state index is 0.704. The van der Waals surface area contributed by atoms with Crippen LogP contribution in [0.4, 0.5) is 0 Å². The van der Waals surface area contributed by atoms with Gasteiger partial charge in [0.05, 0.1) is 12.1 Å².